The zero-order valence-electron chi connectivity index (χ0n) is 14.4. The lowest BCUT2D eigenvalue weighted by molar-refractivity contribution is -0.139. The maximum atomic E-state index is 12.2. The van der Waals surface area contributed by atoms with Crippen LogP contribution in [-0.4, -0.2) is 28.3 Å². The van der Waals surface area contributed by atoms with Crippen molar-refractivity contribution in [3.05, 3.63) is 21.4 Å². The molecule has 1 unspecified atom stereocenters. The van der Waals surface area contributed by atoms with Crippen LogP contribution >= 0.6 is 11.3 Å². The monoisotopic (exact) mass is 339 g/mol. The number of ketones is 1. The van der Waals surface area contributed by atoms with Gasteiger partial charge in [-0.2, -0.15) is 0 Å². The molecule has 5 nitrogen and oxygen atoms in total. The van der Waals surface area contributed by atoms with Crippen molar-refractivity contribution < 1.29 is 19.5 Å². The van der Waals surface area contributed by atoms with E-state index in [9.17, 15) is 14.4 Å². The highest BCUT2D eigenvalue weighted by atomic mass is 32.1. The number of hydrogen-bond donors (Lipinski definition) is 2. The van der Waals surface area contributed by atoms with Gasteiger partial charge >= 0.3 is 5.97 Å². The van der Waals surface area contributed by atoms with Gasteiger partial charge in [-0.15, -0.1) is 11.3 Å². The fraction of sp³-hybridized carbons (Fsp3) is 0.588. The normalized spacial score (nSPS) is 13.7. The van der Waals surface area contributed by atoms with Crippen LogP contribution < -0.4 is 5.32 Å². The summed E-state index contributed by atoms with van der Waals surface area (Å²) >= 11 is 1.57. The van der Waals surface area contributed by atoms with Crippen molar-refractivity contribution in [1.82, 2.24) is 5.32 Å². The Labute approximate surface area is 141 Å². The summed E-state index contributed by atoms with van der Waals surface area (Å²) in [6.45, 7) is 9.30. The number of carbonyl (C=O) groups is 3. The summed E-state index contributed by atoms with van der Waals surface area (Å²) in [6.07, 6.45) is 0.0480. The Kier molecular flexibility index (Phi) is 6.50. The zero-order valence-corrected chi connectivity index (χ0v) is 15.2. The summed E-state index contributed by atoms with van der Waals surface area (Å²) in [5.74, 6) is -1.33. The van der Waals surface area contributed by atoms with Gasteiger partial charge in [-0.05, 0) is 32.8 Å². The smallest absolute Gasteiger partial charge is 0.305 e. The number of hydrogen-bond acceptors (Lipinski definition) is 4. The van der Waals surface area contributed by atoms with Crippen molar-refractivity contribution in [2.24, 2.45) is 5.92 Å². The molecule has 128 valence electrons. The first kappa shape index (κ1) is 19.4. The Morgan fingerprint density at radius 1 is 1.26 bits per heavy atom. The highest BCUT2D eigenvalue weighted by molar-refractivity contribution is 7.12. The molecule has 0 aliphatic heterocycles. The molecule has 0 fully saturated rings. The predicted molar refractivity (Wildman–Crippen MR) is 91.0 cm³/mol. The number of aryl methyl sites for hydroxylation is 2. The quantitative estimate of drug-likeness (QED) is 0.712. The SMILES string of the molecule is Cc1cc(C(=O)CCC(=O)NC(C)(CC(=O)O)C(C)C)c(C)s1. The molecular weight excluding hydrogens is 314 g/mol. The third kappa shape index (κ3) is 5.46. The van der Waals surface area contributed by atoms with Gasteiger partial charge in [0.15, 0.2) is 5.78 Å². The molecule has 1 atom stereocenters. The topological polar surface area (TPSA) is 83.5 Å². The van der Waals surface area contributed by atoms with Gasteiger partial charge in [-0.25, -0.2) is 0 Å². The second-order valence-electron chi connectivity index (χ2n) is 6.44. The van der Waals surface area contributed by atoms with E-state index in [4.69, 9.17) is 5.11 Å². The standard InChI is InChI=1S/C17H25NO4S/c1-10(2)17(5,9-16(21)22)18-15(20)7-6-14(19)13-8-11(3)23-12(13)4/h8,10H,6-7,9H2,1-5H3,(H,18,20)(H,21,22). The number of nitrogens with one attached hydrogen (secondary N) is 1. The average molecular weight is 339 g/mol. The fourth-order valence-electron chi connectivity index (χ4n) is 2.36. The van der Waals surface area contributed by atoms with E-state index in [0.29, 0.717) is 5.56 Å². The highest BCUT2D eigenvalue weighted by Gasteiger charge is 2.32. The van der Waals surface area contributed by atoms with Crippen molar-refractivity contribution in [2.45, 2.75) is 59.4 Å². The molecular formula is C17H25NO4S. The lowest BCUT2D eigenvalue weighted by Gasteiger charge is -2.33. The molecule has 0 aliphatic rings. The first-order chi connectivity index (χ1) is 10.5. The van der Waals surface area contributed by atoms with Gasteiger partial charge in [-0.1, -0.05) is 13.8 Å². The molecule has 0 bridgehead atoms. The maximum Gasteiger partial charge on any atom is 0.305 e. The summed E-state index contributed by atoms with van der Waals surface area (Å²) in [7, 11) is 0. The Balaban J connectivity index is 2.64. The minimum absolute atomic E-state index is 0.0278. The second kappa shape index (κ2) is 7.73. The molecule has 0 radical (unpaired) electrons. The van der Waals surface area contributed by atoms with Gasteiger partial charge in [0.25, 0.3) is 0 Å². The largest absolute Gasteiger partial charge is 0.481 e. The molecule has 23 heavy (non-hydrogen) atoms. The zero-order chi connectivity index (χ0) is 17.8. The third-order valence-corrected chi connectivity index (χ3v) is 5.10. The number of carboxylic acids is 1. The highest BCUT2D eigenvalue weighted by Crippen LogP contribution is 2.23. The van der Waals surface area contributed by atoms with E-state index in [2.05, 4.69) is 5.32 Å². The lowest BCUT2D eigenvalue weighted by Crippen LogP contribution is -2.51. The molecule has 6 heteroatoms. The second-order valence-corrected chi connectivity index (χ2v) is 7.90. The van der Waals surface area contributed by atoms with E-state index in [1.165, 1.54) is 0 Å². The summed E-state index contributed by atoms with van der Waals surface area (Å²) in [5.41, 5.74) is -0.140. The Hall–Kier alpha value is -1.69. The minimum atomic E-state index is -0.957. The number of amides is 1. The van der Waals surface area contributed by atoms with E-state index < -0.39 is 11.5 Å². The van der Waals surface area contributed by atoms with Gasteiger partial charge in [0.1, 0.15) is 0 Å². The Bertz CT molecular complexity index is 606. The first-order valence-corrected chi connectivity index (χ1v) is 8.50. The van der Waals surface area contributed by atoms with Crippen molar-refractivity contribution >= 4 is 29.0 Å². The fourth-order valence-corrected chi connectivity index (χ4v) is 3.30. The summed E-state index contributed by atoms with van der Waals surface area (Å²) in [4.78, 5) is 37.3. The molecule has 1 heterocycles. The molecule has 0 saturated heterocycles. The predicted octanol–water partition coefficient (Wildman–Crippen LogP) is 3.33. The Morgan fingerprint density at radius 3 is 2.30 bits per heavy atom. The summed E-state index contributed by atoms with van der Waals surface area (Å²) < 4.78 is 0. The summed E-state index contributed by atoms with van der Waals surface area (Å²) in [5, 5.41) is 11.8. The molecule has 0 spiro atoms. The third-order valence-electron chi connectivity index (χ3n) is 4.14. The molecule has 0 saturated carbocycles. The van der Waals surface area contributed by atoms with E-state index in [-0.39, 0.29) is 36.9 Å². The van der Waals surface area contributed by atoms with Crippen LogP contribution in [0.5, 0.6) is 0 Å². The van der Waals surface area contributed by atoms with E-state index in [1.807, 2.05) is 33.8 Å². The van der Waals surface area contributed by atoms with Crippen LogP contribution in [0.15, 0.2) is 6.07 Å². The van der Waals surface area contributed by atoms with Crippen LogP contribution in [0.2, 0.25) is 0 Å². The van der Waals surface area contributed by atoms with Crippen LogP contribution in [0, 0.1) is 19.8 Å². The number of rotatable bonds is 8. The average Bonchev–Trinajstić information content (AvgIpc) is 2.73. The van der Waals surface area contributed by atoms with Crippen molar-refractivity contribution in [2.75, 3.05) is 0 Å². The molecule has 1 amide bonds. The number of Topliss-reactive ketones (excluding diaryl/α,β-unsaturated/α-hetero) is 1. The number of thiophene rings is 1. The van der Waals surface area contributed by atoms with Gasteiger partial charge in [-0.3, -0.25) is 14.4 Å². The minimum Gasteiger partial charge on any atom is -0.481 e. The van der Waals surface area contributed by atoms with Crippen LogP contribution in [0.25, 0.3) is 0 Å². The van der Waals surface area contributed by atoms with Crippen LogP contribution in [0.3, 0.4) is 0 Å². The van der Waals surface area contributed by atoms with Crippen LogP contribution in [-0.2, 0) is 9.59 Å². The Morgan fingerprint density at radius 2 is 1.87 bits per heavy atom. The molecule has 1 aromatic heterocycles. The van der Waals surface area contributed by atoms with Gasteiger partial charge < -0.3 is 10.4 Å². The molecule has 0 aliphatic carbocycles. The van der Waals surface area contributed by atoms with Gasteiger partial charge in [0.05, 0.1) is 6.42 Å². The lowest BCUT2D eigenvalue weighted by atomic mass is 9.85. The van der Waals surface area contributed by atoms with Crippen molar-refractivity contribution in [3.8, 4) is 0 Å². The van der Waals surface area contributed by atoms with Crippen LogP contribution in [0.1, 0.15) is 60.1 Å². The molecule has 1 aromatic rings. The van der Waals surface area contributed by atoms with Gasteiger partial charge in [0.2, 0.25) is 5.91 Å². The van der Waals surface area contributed by atoms with Crippen molar-refractivity contribution in [1.29, 1.82) is 0 Å². The van der Waals surface area contributed by atoms with E-state index in [0.717, 1.165) is 9.75 Å². The van der Waals surface area contributed by atoms with Gasteiger partial charge in [0, 0.05) is 33.7 Å². The van der Waals surface area contributed by atoms with Crippen LogP contribution in [0.4, 0.5) is 0 Å². The van der Waals surface area contributed by atoms with Crippen molar-refractivity contribution in [3.63, 3.8) is 0 Å². The molecule has 0 aromatic carbocycles. The number of carboxylic acid groups (broad SMARTS) is 1. The first-order valence-electron chi connectivity index (χ1n) is 7.68. The molecule has 1 rings (SSSR count). The van der Waals surface area contributed by atoms with E-state index in [1.54, 1.807) is 18.3 Å². The molecule has 2 N–H and O–H groups in total. The van der Waals surface area contributed by atoms with E-state index >= 15 is 0 Å². The number of aliphatic carboxylic acids is 1. The number of carbonyl (C=O) groups excluding carboxylic acids is 2. The summed E-state index contributed by atoms with van der Waals surface area (Å²) in [6, 6.07) is 1.85. The maximum absolute atomic E-state index is 12.2.